The van der Waals surface area contributed by atoms with E-state index in [9.17, 15) is 22.8 Å². The van der Waals surface area contributed by atoms with E-state index in [2.05, 4.69) is 10.6 Å². The van der Waals surface area contributed by atoms with E-state index < -0.39 is 17.8 Å². The lowest BCUT2D eigenvalue weighted by Crippen LogP contribution is -2.37. The van der Waals surface area contributed by atoms with Crippen molar-refractivity contribution in [3.8, 4) is 0 Å². The Morgan fingerprint density at radius 2 is 1.56 bits per heavy atom. The highest BCUT2D eigenvalue weighted by molar-refractivity contribution is 6.04. The number of nitrogens with zero attached hydrogens (tertiary/aromatic N) is 3. The summed E-state index contributed by atoms with van der Waals surface area (Å²) in [6.07, 6.45) is -4.61. The molecule has 0 unspecified atom stereocenters. The van der Waals surface area contributed by atoms with Crippen molar-refractivity contribution in [3.05, 3.63) is 52.4 Å². The number of ether oxygens (including phenoxy) is 1. The first-order valence-electron chi connectivity index (χ1n) is 9.93. The summed E-state index contributed by atoms with van der Waals surface area (Å²) in [6, 6.07) is 7.38. The third-order valence-electron chi connectivity index (χ3n) is 5.47. The fourth-order valence-electron chi connectivity index (χ4n) is 3.82. The van der Waals surface area contributed by atoms with Gasteiger partial charge in [-0.2, -0.15) is 13.2 Å². The Kier molecular flexibility index (Phi) is 5.59. The largest absolute Gasteiger partial charge is 0.418 e. The molecule has 0 radical (unpaired) electrons. The van der Waals surface area contributed by atoms with E-state index in [4.69, 9.17) is 4.74 Å². The first-order valence-corrected chi connectivity index (χ1v) is 9.93. The number of aryl methyl sites for hydroxylation is 2. The molecule has 170 valence electrons. The summed E-state index contributed by atoms with van der Waals surface area (Å²) in [6.45, 7) is 2.13. The number of hydrogen-bond acceptors (Lipinski definition) is 4. The lowest BCUT2D eigenvalue weighted by molar-refractivity contribution is -0.136. The van der Waals surface area contributed by atoms with Crippen LogP contribution in [0.15, 0.2) is 41.2 Å². The van der Waals surface area contributed by atoms with Gasteiger partial charge in [0.05, 0.1) is 46.9 Å². The van der Waals surface area contributed by atoms with Crippen LogP contribution in [0.1, 0.15) is 5.56 Å². The number of anilines is 3. The summed E-state index contributed by atoms with van der Waals surface area (Å²) in [5.74, 6) is 0. The van der Waals surface area contributed by atoms with Crippen LogP contribution in [0.25, 0.3) is 11.0 Å². The molecule has 2 amide bonds. The minimum absolute atomic E-state index is 0.228. The van der Waals surface area contributed by atoms with Gasteiger partial charge < -0.3 is 20.3 Å². The first kappa shape index (κ1) is 21.8. The van der Waals surface area contributed by atoms with Crippen molar-refractivity contribution in [3.63, 3.8) is 0 Å². The number of aromatic nitrogens is 2. The van der Waals surface area contributed by atoms with Crippen LogP contribution in [-0.2, 0) is 25.0 Å². The van der Waals surface area contributed by atoms with E-state index in [1.165, 1.54) is 27.3 Å². The summed E-state index contributed by atoms with van der Waals surface area (Å²) >= 11 is 0. The minimum atomic E-state index is -4.61. The number of carbonyl (C=O) groups is 1. The SMILES string of the molecule is Cn1c(=O)n(C)c2cc(N3CCOCC3)c(NC(=O)Nc3ccccc3C(F)(F)F)cc21. The van der Waals surface area contributed by atoms with Gasteiger partial charge in [0.15, 0.2) is 0 Å². The van der Waals surface area contributed by atoms with Gasteiger partial charge in [-0.3, -0.25) is 9.13 Å². The molecule has 0 spiro atoms. The number of para-hydroxylation sites is 1. The van der Waals surface area contributed by atoms with Crippen LogP contribution in [0.3, 0.4) is 0 Å². The van der Waals surface area contributed by atoms with E-state index in [-0.39, 0.29) is 11.4 Å². The normalized spacial score (nSPS) is 14.6. The average molecular weight is 449 g/mol. The Morgan fingerprint density at radius 3 is 2.22 bits per heavy atom. The maximum absolute atomic E-state index is 13.3. The van der Waals surface area contributed by atoms with Gasteiger partial charge in [0.25, 0.3) is 0 Å². The molecule has 1 aromatic heterocycles. The number of rotatable bonds is 3. The van der Waals surface area contributed by atoms with E-state index >= 15 is 0 Å². The van der Waals surface area contributed by atoms with Gasteiger partial charge >= 0.3 is 17.9 Å². The van der Waals surface area contributed by atoms with Crippen LogP contribution in [-0.4, -0.2) is 41.5 Å². The van der Waals surface area contributed by atoms with Crippen LogP contribution in [0, 0.1) is 0 Å². The second kappa shape index (κ2) is 8.23. The van der Waals surface area contributed by atoms with E-state index in [1.807, 2.05) is 4.90 Å². The van der Waals surface area contributed by atoms with Gasteiger partial charge in [0.1, 0.15) is 0 Å². The Labute approximate surface area is 181 Å². The zero-order valence-electron chi connectivity index (χ0n) is 17.5. The highest BCUT2D eigenvalue weighted by atomic mass is 19.4. The van der Waals surface area contributed by atoms with Gasteiger partial charge in [-0.25, -0.2) is 9.59 Å². The van der Waals surface area contributed by atoms with Crippen LogP contribution in [0.5, 0.6) is 0 Å². The van der Waals surface area contributed by atoms with E-state index in [1.54, 1.807) is 26.2 Å². The number of fused-ring (bicyclic) bond motifs is 1. The van der Waals surface area contributed by atoms with Gasteiger partial charge in [-0.05, 0) is 24.3 Å². The number of imidazole rings is 1. The maximum Gasteiger partial charge on any atom is 0.418 e. The van der Waals surface area contributed by atoms with E-state index in [0.717, 1.165) is 6.07 Å². The molecule has 0 atom stereocenters. The maximum atomic E-state index is 13.3. The molecule has 2 aromatic carbocycles. The summed E-state index contributed by atoms with van der Waals surface area (Å²) in [5.41, 5.74) is 0.772. The Morgan fingerprint density at radius 1 is 0.969 bits per heavy atom. The minimum Gasteiger partial charge on any atom is -0.378 e. The number of alkyl halides is 3. The van der Waals surface area contributed by atoms with Crippen LogP contribution >= 0.6 is 0 Å². The number of morpholine rings is 1. The average Bonchev–Trinajstić information content (AvgIpc) is 2.97. The van der Waals surface area contributed by atoms with Gasteiger partial charge in [0, 0.05) is 27.2 Å². The topological polar surface area (TPSA) is 80.5 Å². The zero-order valence-corrected chi connectivity index (χ0v) is 17.5. The smallest absolute Gasteiger partial charge is 0.378 e. The first-order chi connectivity index (χ1) is 15.2. The molecule has 1 aliphatic heterocycles. The van der Waals surface area contributed by atoms with Gasteiger partial charge in [-0.15, -0.1) is 0 Å². The zero-order chi connectivity index (χ0) is 23.0. The standard InChI is InChI=1S/C21H22F3N5O3/c1-27-17-11-15(26-19(30)25-14-6-4-3-5-13(14)21(22,23)24)16(29-7-9-32-10-8-29)12-18(17)28(2)20(27)31/h3-6,11-12H,7-10H2,1-2H3,(H2,25,26,30). The molecule has 2 N–H and O–H groups in total. The quantitative estimate of drug-likeness (QED) is 0.643. The van der Waals surface area contributed by atoms with Crippen molar-refractivity contribution in [2.45, 2.75) is 6.18 Å². The molecule has 3 aromatic rings. The molecule has 0 bridgehead atoms. The molecule has 1 aliphatic rings. The van der Waals surface area contributed by atoms with Crippen molar-refractivity contribution in [2.24, 2.45) is 14.1 Å². The number of nitrogens with one attached hydrogen (secondary N) is 2. The van der Waals surface area contributed by atoms with Crippen molar-refractivity contribution in [1.29, 1.82) is 0 Å². The number of benzene rings is 2. The predicted molar refractivity (Wildman–Crippen MR) is 115 cm³/mol. The Balaban J connectivity index is 1.71. The van der Waals surface area contributed by atoms with Crippen LogP contribution < -0.4 is 21.2 Å². The molecule has 11 heteroatoms. The third kappa shape index (κ3) is 4.03. The summed E-state index contributed by atoms with van der Waals surface area (Å²) in [5, 5.41) is 4.95. The van der Waals surface area contributed by atoms with Crippen molar-refractivity contribution in [2.75, 3.05) is 41.8 Å². The summed E-state index contributed by atoms with van der Waals surface area (Å²) in [4.78, 5) is 27.1. The van der Waals surface area contributed by atoms with Crippen molar-refractivity contribution in [1.82, 2.24) is 9.13 Å². The number of urea groups is 1. The predicted octanol–water partition coefficient (Wildman–Crippen LogP) is 3.38. The molecule has 1 saturated heterocycles. The third-order valence-corrected chi connectivity index (χ3v) is 5.47. The molecule has 32 heavy (non-hydrogen) atoms. The second-order valence-corrected chi connectivity index (χ2v) is 7.48. The number of amides is 2. The second-order valence-electron chi connectivity index (χ2n) is 7.48. The Hall–Kier alpha value is -3.47. The number of hydrogen-bond donors (Lipinski definition) is 2. The van der Waals surface area contributed by atoms with E-state index in [0.29, 0.717) is 48.7 Å². The summed E-state index contributed by atoms with van der Waals surface area (Å²) in [7, 11) is 3.27. The van der Waals surface area contributed by atoms with Gasteiger partial charge in [0.2, 0.25) is 0 Å². The molecule has 0 saturated carbocycles. The fourth-order valence-corrected chi connectivity index (χ4v) is 3.82. The molecule has 1 fully saturated rings. The lowest BCUT2D eigenvalue weighted by Gasteiger charge is -2.30. The van der Waals surface area contributed by atoms with Crippen molar-refractivity contribution >= 4 is 34.1 Å². The molecule has 0 aliphatic carbocycles. The highest BCUT2D eigenvalue weighted by Crippen LogP contribution is 2.35. The van der Waals surface area contributed by atoms with Crippen LogP contribution in [0.4, 0.5) is 35.0 Å². The fraction of sp³-hybridized carbons (Fsp3) is 0.333. The van der Waals surface area contributed by atoms with Crippen molar-refractivity contribution < 1.29 is 22.7 Å². The lowest BCUT2D eigenvalue weighted by atomic mass is 10.1. The highest BCUT2D eigenvalue weighted by Gasteiger charge is 2.33. The summed E-state index contributed by atoms with van der Waals surface area (Å²) < 4.78 is 48.1. The molecular weight excluding hydrogens is 427 g/mol. The molecule has 4 rings (SSSR count). The molecule has 8 nitrogen and oxygen atoms in total. The Bertz CT molecular complexity index is 1230. The van der Waals surface area contributed by atoms with Gasteiger partial charge in [-0.1, -0.05) is 12.1 Å². The molecular formula is C21H22F3N5O3. The number of carbonyl (C=O) groups excluding carboxylic acids is 1. The monoisotopic (exact) mass is 449 g/mol. The number of halogens is 3. The molecule has 2 heterocycles. The van der Waals surface area contributed by atoms with Crippen LogP contribution in [0.2, 0.25) is 0 Å².